The van der Waals surface area contributed by atoms with Gasteiger partial charge in [-0.2, -0.15) is 11.8 Å². The van der Waals surface area contributed by atoms with Crippen LogP contribution in [0.2, 0.25) is 0 Å². The lowest BCUT2D eigenvalue weighted by molar-refractivity contribution is -0.143. The van der Waals surface area contributed by atoms with E-state index in [-0.39, 0.29) is 24.5 Å². The Morgan fingerprint density at radius 2 is 1.49 bits per heavy atom. The lowest BCUT2D eigenvalue weighted by Crippen LogP contribution is -2.61. The van der Waals surface area contributed by atoms with E-state index in [1.165, 1.54) is 30.8 Å². The number of hydrogen-bond donors (Lipinski definition) is 7. The van der Waals surface area contributed by atoms with E-state index < -0.39 is 54.0 Å². The summed E-state index contributed by atoms with van der Waals surface area (Å²) in [5.41, 5.74) is 6.71. The Kier molecular flexibility index (Phi) is 12.5. The van der Waals surface area contributed by atoms with E-state index in [4.69, 9.17) is 5.73 Å². The van der Waals surface area contributed by atoms with Gasteiger partial charge >= 0.3 is 5.97 Å². The number of phenolic OH excluding ortho intramolecular Hbond substituents is 1. The number of aromatic hydroxyl groups is 1. The maximum absolute atomic E-state index is 12.9. The number of carbonyl (C=O) groups excluding carboxylic acids is 3. The van der Waals surface area contributed by atoms with Gasteiger partial charge in [-0.05, 0) is 55.4 Å². The van der Waals surface area contributed by atoms with Crippen molar-refractivity contribution >= 4 is 35.5 Å². The van der Waals surface area contributed by atoms with E-state index in [9.17, 15) is 34.5 Å². The second kappa shape index (κ2) is 14.5. The van der Waals surface area contributed by atoms with Crippen LogP contribution in [0.15, 0.2) is 24.3 Å². The van der Waals surface area contributed by atoms with Crippen molar-refractivity contribution in [3.8, 4) is 5.75 Å². The molecule has 1 aromatic rings. The second-order valence-electron chi connectivity index (χ2n) is 8.62. The maximum Gasteiger partial charge on any atom is 0.326 e. The Morgan fingerprint density at radius 3 is 1.97 bits per heavy atom. The molecule has 0 aliphatic carbocycles. The summed E-state index contributed by atoms with van der Waals surface area (Å²) in [7, 11) is 0. The Balaban J connectivity index is 2.86. The molecule has 11 nitrogen and oxygen atoms in total. The first kappa shape index (κ1) is 30.2. The van der Waals surface area contributed by atoms with Gasteiger partial charge in [-0.3, -0.25) is 14.4 Å². The number of phenols is 1. The topological polar surface area (TPSA) is 191 Å². The molecule has 8 N–H and O–H groups in total. The van der Waals surface area contributed by atoms with Crippen LogP contribution in [0.25, 0.3) is 0 Å². The average Bonchev–Trinajstić information content (AvgIpc) is 2.78. The Morgan fingerprint density at radius 1 is 0.943 bits per heavy atom. The summed E-state index contributed by atoms with van der Waals surface area (Å²) >= 11 is 1.42. The summed E-state index contributed by atoms with van der Waals surface area (Å²) in [6, 6.07) is 1.57. The van der Waals surface area contributed by atoms with Crippen LogP contribution in [0.4, 0.5) is 0 Å². The molecule has 1 rings (SSSR count). The lowest BCUT2D eigenvalue weighted by Gasteiger charge is -2.28. The van der Waals surface area contributed by atoms with E-state index in [1.54, 1.807) is 32.2 Å². The fourth-order valence-electron chi connectivity index (χ4n) is 3.18. The zero-order valence-electron chi connectivity index (χ0n) is 20.4. The summed E-state index contributed by atoms with van der Waals surface area (Å²) in [5.74, 6) is -3.19. The molecule has 5 atom stereocenters. The molecular weight excluding hydrogens is 476 g/mol. The quantitative estimate of drug-likeness (QED) is 0.174. The fourth-order valence-corrected chi connectivity index (χ4v) is 3.65. The van der Waals surface area contributed by atoms with Gasteiger partial charge in [0.2, 0.25) is 17.7 Å². The third-order valence-electron chi connectivity index (χ3n) is 5.26. The molecule has 0 radical (unpaired) electrons. The fraction of sp³-hybridized carbons (Fsp3) is 0.565. The summed E-state index contributed by atoms with van der Waals surface area (Å²) in [6.07, 6.45) is 0.821. The van der Waals surface area contributed by atoms with Crippen molar-refractivity contribution in [3.63, 3.8) is 0 Å². The number of nitrogens with one attached hydrogen (secondary N) is 3. The van der Waals surface area contributed by atoms with Crippen LogP contribution in [-0.2, 0) is 25.6 Å². The van der Waals surface area contributed by atoms with Gasteiger partial charge in [0.1, 0.15) is 23.9 Å². The van der Waals surface area contributed by atoms with Crippen LogP contribution in [0.1, 0.15) is 32.8 Å². The molecule has 0 saturated carbocycles. The number of aliphatic carboxylic acids is 1. The minimum Gasteiger partial charge on any atom is -0.508 e. The number of carbonyl (C=O) groups is 4. The van der Waals surface area contributed by atoms with E-state index in [2.05, 4.69) is 16.0 Å². The van der Waals surface area contributed by atoms with Crippen LogP contribution >= 0.6 is 11.8 Å². The molecule has 12 heteroatoms. The monoisotopic (exact) mass is 512 g/mol. The summed E-state index contributed by atoms with van der Waals surface area (Å²) in [5, 5.41) is 36.1. The van der Waals surface area contributed by atoms with Crippen molar-refractivity contribution in [1.29, 1.82) is 0 Å². The number of nitrogens with two attached hydrogens (primary N) is 1. The van der Waals surface area contributed by atoms with Gasteiger partial charge in [-0.15, -0.1) is 0 Å². The van der Waals surface area contributed by atoms with Crippen molar-refractivity contribution < 1.29 is 34.5 Å². The molecule has 0 aromatic heterocycles. The number of amides is 3. The molecule has 0 aliphatic heterocycles. The Labute approximate surface area is 209 Å². The molecule has 0 fully saturated rings. The van der Waals surface area contributed by atoms with Gasteiger partial charge in [0, 0.05) is 0 Å². The van der Waals surface area contributed by atoms with Crippen LogP contribution in [0.5, 0.6) is 5.75 Å². The van der Waals surface area contributed by atoms with Gasteiger partial charge in [-0.1, -0.05) is 26.0 Å². The standard InChI is InChI=1S/C23H36N4O7S/c1-12(2)18(26-20(30)16(24)11-14-5-7-15(29)8-6-14)21(31)27-19(13(3)28)22(32)25-17(23(33)34)9-10-35-4/h5-8,12-13,16-19,28-29H,9-11,24H2,1-4H3,(H,25,32)(H,26,30)(H,27,31)(H,33,34). The van der Waals surface area contributed by atoms with Crippen LogP contribution < -0.4 is 21.7 Å². The highest BCUT2D eigenvalue weighted by atomic mass is 32.2. The summed E-state index contributed by atoms with van der Waals surface area (Å²) < 4.78 is 0. The minimum absolute atomic E-state index is 0.0824. The van der Waals surface area contributed by atoms with Crippen molar-refractivity contribution in [1.82, 2.24) is 16.0 Å². The van der Waals surface area contributed by atoms with Gasteiger partial charge in [0.25, 0.3) is 0 Å². The Hall–Kier alpha value is -2.83. The molecule has 0 aliphatic rings. The molecule has 0 heterocycles. The van der Waals surface area contributed by atoms with E-state index >= 15 is 0 Å². The zero-order valence-corrected chi connectivity index (χ0v) is 21.2. The molecule has 0 spiro atoms. The van der Waals surface area contributed by atoms with Crippen molar-refractivity contribution in [3.05, 3.63) is 29.8 Å². The van der Waals surface area contributed by atoms with Gasteiger partial charge in [0.15, 0.2) is 0 Å². The molecule has 196 valence electrons. The second-order valence-corrected chi connectivity index (χ2v) is 9.60. The molecule has 0 saturated heterocycles. The first-order valence-electron chi connectivity index (χ1n) is 11.2. The van der Waals surface area contributed by atoms with E-state index in [0.29, 0.717) is 5.75 Å². The van der Waals surface area contributed by atoms with Gasteiger partial charge in [-0.25, -0.2) is 4.79 Å². The molecule has 5 unspecified atom stereocenters. The minimum atomic E-state index is -1.43. The average molecular weight is 513 g/mol. The van der Waals surface area contributed by atoms with Crippen LogP contribution in [0, 0.1) is 5.92 Å². The number of aliphatic hydroxyl groups is 1. The van der Waals surface area contributed by atoms with Crippen molar-refractivity contribution in [2.75, 3.05) is 12.0 Å². The third-order valence-corrected chi connectivity index (χ3v) is 5.91. The largest absolute Gasteiger partial charge is 0.508 e. The van der Waals surface area contributed by atoms with Gasteiger partial charge in [0.05, 0.1) is 12.1 Å². The van der Waals surface area contributed by atoms with Gasteiger partial charge < -0.3 is 37.0 Å². The molecular formula is C23H36N4O7S. The number of aliphatic hydroxyl groups excluding tert-OH is 1. The predicted octanol–water partition coefficient (Wildman–Crippen LogP) is -0.409. The third kappa shape index (κ3) is 10.1. The highest BCUT2D eigenvalue weighted by Crippen LogP contribution is 2.12. The number of thioether (sulfide) groups is 1. The first-order valence-corrected chi connectivity index (χ1v) is 12.6. The maximum atomic E-state index is 12.9. The van der Waals surface area contributed by atoms with Crippen molar-refractivity contribution in [2.24, 2.45) is 11.7 Å². The number of carboxylic acid groups (broad SMARTS) is 1. The number of carboxylic acids is 1. The molecule has 3 amide bonds. The normalized spacial score (nSPS) is 15.4. The summed E-state index contributed by atoms with van der Waals surface area (Å²) in [6.45, 7) is 4.67. The molecule has 35 heavy (non-hydrogen) atoms. The number of hydrogen-bond acceptors (Lipinski definition) is 8. The van der Waals surface area contributed by atoms with Crippen LogP contribution in [0.3, 0.4) is 0 Å². The van der Waals surface area contributed by atoms with E-state index in [0.717, 1.165) is 5.56 Å². The predicted molar refractivity (Wildman–Crippen MR) is 133 cm³/mol. The molecule has 0 bridgehead atoms. The zero-order chi connectivity index (χ0) is 26.7. The van der Waals surface area contributed by atoms with Crippen LogP contribution in [-0.4, -0.2) is 81.3 Å². The highest BCUT2D eigenvalue weighted by Gasteiger charge is 2.33. The number of rotatable bonds is 14. The van der Waals surface area contributed by atoms with E-state index in [1.807, 2.05) is 0 Å². The number of benzene rings is 1. The highest BCUT2D eigenvalue weighted by molar-refractivity contribution is 7.98. The molecule has 1 aromatic carbocycles. The lowest BCUT2D eigenvalue weighted by atomic mass is 10.0. The SMILES string of the molecule is CSCCC(NC(=O)C(NC(=O)C(NC(=O)C(N)Cc1ccc(O)cc1)C(C)C)C(C)O)C(=O)O. The summed E-state index contributed by atoms with van der Waals surface area (Å²) in [4.78, 5) is 49.7. The first-order chi connectivity index (χ1) is 16.4. The Bertz CT molecular complexity index is 864. The van der Waals surface area contributed by atoms with Crippen molar-refractivity contribution in [2.45, 2.75) is 63.9 Å². The smallest absolute Gasteiger partial charge is 0.326 e.